The molecule has 1 aromatic heterocycles. The molecule has 7 nitrogen and oxygen atoms in total. The Balaban J connectivity index is 1.71. The van der Waals surface area contributed by atoms with E-state index in [0.717, 1.165) is 37.0 Å². The molecule has 0 spiro atoms. The number of aliphatic imine (C=N–C) groups is 1. The van der Waals surface area contributed by atoms with Crippen LogP contribution in [0.15, 0.2) is 35.6 Å². The van der Waals surface area contributed by atoms with Crippen molar-refractivity contribution in [2.45, 2.75) is 39.8 Å². The number of aromatic nitrogens is 3. The Morgan fingerprint density at radius 1 is 1.28 bits per heavy atom. The summed E-state index contributed by atoms with van der Waals surface area (Å²) >= 11 is 0. The molecule has 0 aliphatic rings. The van der Waals surface area contributed by atoms with Gasteiger partial charge in [0, 0.05) is 26.6 Å². The van der Waals surface area contributed by atoms with Gasteiger partial charge in [0.2, 0.25) is 0 Å². The van der Waals surface area contributed by atoms with Gasteiger partial charge in [0.25, 0.3) is 0 Å². The van der Waals surface area contributed by atoms with Crippen molar-refractivity contribution in [1.29, 1.82) is 0 Å². The molecular formula is C18H28N6O. The van der Waals surface area contributed by atoms with Crippen LogP contribution in [-0.2, 0) is 13.0 Å². The zero-order valence-electron chi connectivity index (χ0n) is 15.5. The van der Waals surface area contributed by atoms with Crippen molar-refractivity contribution in [3.8, 4) is 5.75 Å². The van der Waals surface area contributed by atoms with E-state index in [1.807, 2.05) is 35.8 Å². The van der Waals surface area contributed by atoms with E-state index >= 15 is 0 Å². The van der Waals surface area contributed by atoms with Crippen molar-refractivity contribution < 1.29 is 4.74 Å². The number of nitrogens with zero attached hydrogens (tertiary/aromatic N) is 4. The lowest BCUT2D eigenvalue weighted by Gasteiger charge is -2.18. The molecule has 1 heterocycles. The van der Waals surface area contributed by atoms with Crippen molar-refractivity contribution >= 4 is 5.96 Å². The first-order valence-corrected chi connectivity index (χ1v) is 8.67. The van der Waals surface area contributed by atoms with Gasteiger partial charge in [-0.05, 0) is 26.0 Å². The van der Waals surface area contributed by atoms with Crippen LogP contribution in [0.2, 0.25) is 0 Å². The average molecular weight is 344 g/mol. The summed E-state index contributed by atoms with van der Waals surface area (Å²) in [7, 11) is 1.76. The van der Waals surface area contributed by atoms with Crippen molar-refractivity contribution in [2.75, 3.05) is 20.1 Å². The molecule has 1 aromatic carbocycles. The van der Waals surface area contributed by atoms with E-state index in [9.17, 15) is 0 Å². The van der Waals surface area contributed by atoms with E-state index < -0.39 is 0 Å². The second kappa shape index (κ2) is 9.66. The molecule has 136 valence electrons. The highest BCUT2D eigenvalue weighted by Gasteiger charge is 2.06. The molecule has 2 rings (SSSR count). The van der Waals surface area contributed by atoms with E-state index in [-0.39, 0.29) is 6.10 Å². The molecule has 0 bridgehead atoms. The van der Waals surface area contributed by atoms with E-state index in [1.165, 1.54) is 5.56 Å². The average Bonchev–Trinajstić information content (AvgIpc) is 3.07. The molecule has 0 radical (unpaired) electrons. The number of aryl methyl sites for hydroxylation is 2. The highest BCUT2D eigenvalue weighted by molar-refractivity contribution is 5.79. The fourth-order valence-electron chi connectivity index (χ4n) is 2.39. The second-order valence-corrected chi connectivity index (χ2v) is 5.92. The number of rotatable bonds is 8. The smallest absolute Gasteiger partial charge is 0.191 e. The molecule has 0 aliphatic carbocycles. The predicted octanol–water partition coefficient (Wildman–Crippen LogP) is 1.78. The monoisotopic (exact) mass is 344 g/mol. The molecule has 0 amide bonds. The van der Waals surface area contributed by atoms with Crippen LogP contribution in [0.4, 0.5) is 0 Å². The minimum atomic E-state index is 0.0331. The van der Waals surface area contributed by atoms with Gasteiger partial charge >= 0.3 is 0 Å². The van der Waals surface area contributed by atoms with Gasteiger partial charge in [0.1, 0.15) is 24.0 Å². The van der Waals surface area contributed by atoms with Gasteiger partial charge in [0.05, 0.1) is 6.54 Å². The Morgan fingerprint density at radius 3 is 2.72 bits per heavy atom. The van der Waals surface area contributed by atoms with E-state index in [0.29, 0.717) is 6.54 Å². The summed E-state index contributed by atoms with van der Waals surface area (Å²) in [5, 5.41) is 14.6. The summed E-state index contributed by atoms with van der Waals surface area (Å²) in [6.07, 6.45) is 2.67. The molecule has 25 heavy (non-hydrogen) atoms. The van der Waals surface area contributed by atoms with E-state index in [1.54, 1.807) is 13.4 Å². The van der Waals surface area contributed by atoms with Gasteiger partial charge < -0.3 is 19.9 Å². The van der Waals surface area contributed by atoms with Gasteiger partial charge in [-0.25, -0.2) is 0 Å². The summed E-state index contributed by atoms with van der Waals surface area (Å²) in [4.78, 5) is 4.24. The number of guanidine groups is 1. The zero-order valence-corrected chi connectivity index (χ0v) is 15.5. The predicted molar refractivity (Wildman–Crippen MR) is 100 cm³/mol. The van der Waals surface area contributed by atoms with Crippen molar-refractivity contribution in [3.63, 3.8) is 0 Å². The third-order valence-corrected chi connectivity index (χ3v) is 3.80. The Hall–Kier alpha value is -2.57. The fraction of sp³-hybridized carbons (Fsp3) is 0.500. The van der Waals surface area contributed by atoms with Gasteiger partial charge in [0.15, 0.2) is 5.96 Å². The highest BCUT2D eigenvalue weighted by Crippen LogP contribution is 2.12. The van der Waals surface area contributed by atoms with E-state index in [2.05, 4.69) is 39.7 Å². The van der Waals surface area contributed by atoms with Crippen molar-refractivity contribution in [2.24, 2.45) is 4.99 Å². The van der Waals surface area contributed by atoms with Crippen LogP contribution in [0.5, 0.6) is 5.75 Å². The van der Waals surface area contributed by atoms with Gasteiger partial charge in [-0.3, -0.25) is 4.99 Å². The first-order chi connectivity index (χ1) is 12.1. The van der Waals surface area contributed by atoms with Crippen molar-refractivity contribution in [3.05, 3.63) is 42.0 Å². The number of nitrogens with one attached hydrogen (secondary N) is 2. The van der Waals surface area contributed by atoms with Crippen molar-refractivity contribution in [1.82, 2.24) is 25.4 Å². The maximum Gasteiger partial charge on any atom is 0.191 e. The molecule has 2 aromatic rings. The summed E-state index contributed by atoms with van der Waals surface area (Å²) in [6.45, 7) is 8.38. The van der Waals surface area contributed by atoms with E-state index in [4.69, 9.17) is 4.74 Å². The van der Waals surface area contributed by atoms with Crippen LogP contribution in [0.1, 0.15) is 25.2 Å². The summed E-state index contributed by atoms with van der Waals surface area (Å²) in [5.74, 6) is 2.62. The largest absolute Gasteiger partial charge is 0.489 e. The van der Waals surface area contributed by atoms with Crippen LogP contribution < -0.4 is 15.4 Å². The molecule has 0 saturated carbocycles. The van der Waals surface area contributed by atoms with Gasteiger partial charge in [-0.15, -0.1) is 10.2 Å². The molecule has 0 fully saturated rings. The summed E-state index contributed by atoms with van der Waals surface area (Å²) < 4.78 is 7.94. The van der Waals surface area contributed by atoms with Gasteiger partial charge in [-0.2, -0.15) is 0 Å². The third kappa shape index (κ3) is 6.10. The second-order valence-electron chi connectivity index (χ2n) is 5.92. The zero-order chi connectivity index (χ0) is 18.1. The lowest BCUT2D eigenvalue weighted by Crippen LogP contribution is -2.42. The van der Waals surface area contributed by atoms with Crippen LogP contribution >= 0.6 is 0 Å². The lowest BCUT2D eigenvalue weighted by molar-refractivity contribution is 0.224. The number of benzene rings is 1. The third-order valence-electron chi connectivity index (χ3n) is 3.80. The summed E-state index contributed by atoms with van der Waals surface area (Å²) in [6, 6.07) is 8.07. The number of ether oxygens (including phenoxy) is 1. The molecule has 1 atom stereocenters. The fourth-order valence-corrected chi connectivity index (χ4v) is 2.39. The molecular weight excluding hydrogens is 316 g/mol. The molecule has 0 aliphatic heterocycles. The molecule has 0 saturated heterocycles. The Labute approximate surface area is 149 Å². The van der Waals surface area contributed by atoms with Gasteiger partial charge in [-0.1, -0.05) is 24.6 Å². The first-order valence-electron chi connectivity index (χ1n) is 8.67. The quantitative estimate of drug-likeness (QED) is 0.564. The minimum Gasteiger partial charge on any atom is -0.489 e. The molecule has 7 heteroatoms. The lowest BCUT2D eigenvalue weighted by atomic mass is 10.2. The highest BCUT2D eigenvalue weighted by atomic mass is 16.5. The number of hydrogen-bond acceptors (Lipinski definition) is 4. The minimum absolute atomic E-state index is 0.0331. The maximum absolute atomic E-state index is 5.89. The first kappa shape index (κ1) is 18.8. The molecule has 1 unspecified atom stereocenters. The Bertz CT molecular complexity index is 664. The SMILES string of the molecule is CCc1nncn1CCNC(=NC)NCC(C)Oc1ccc(C)cc1. The van der Waals surface area contributed by atoms with Crippen LogP contribution in [-0.4, -0.2) is 47.0 Å². The maximum atomic E-state index is 5.89. The van der Waals surface area contributed by atoms with Crippen LogP contribution in [0.3, 0.4) is 0 Å². The van der Waals surface area contributed by atoms with Crippen LogP contribution in [0, 0.1) is 6.92 Å². The normalized spacial score (nSPS) is 12.7. The Morgan fingerprint density at radius 2 is 2.04 bits per heavy atom. The summed E-state index contributed by atoms with van der Waals surface area (Å²) in [5.41, 5.74) is 1.22. The number of hydrogen-bond donors (Lipinski definition) is 2. The standard InChI is InChI=1S/C18H28N6O/c1-5-17-23-22-13-24(17)11-10-20-18(19-4)21-12-15(3)25-16-8-6-14(2)7-9-16/h6-9,13,15H,5,10-12H2,1-4H3,(H2,19,20,21). The Kier molecular flexibility index (Phi) is 7.25. The van der Waals surface area contributed by atoms with Crippen LogP contribution in [0.25, 0.3) is 0 Å². The molecule has 2 N–H and O–H groups in total. The topological polar surface area (TPSA) is 76.4 Å².